The smallest absolute Gasteiger partial charge is 0.301 e. The van der Waals surface area contributed by atoms with E-state index >= 15 is 4.39 Å². The summed E-state index contributed by atoms with van der Waals surface area (Å²) >= 11 is 0. The second kappa shape index (κ2) is 10.8. The Morgan fingerprint density at radius 2 is 2.02 bits per heavy atom. The van der Waals surface area contributed by atoms with Gasteiger partial charge in [0.2, 0.25) is 11.7 Å². The molecule has 0 saturated carbocycles. The summed E-state index contributed by atoms with van der Waals surface area (Å²) in [7, 11) is 0. The van der Waals surface area contributed by atoms with Gasteiger partial charge in [0, 0.05) is 36.6 Å². The standard InChI is InChI=1S/C32H31F2N5O4/c1-5-17(3)27-23(10-8-12-35-27)39-31-20(13-22(34)28(36-31)26-21(33)9-7-11-24(26)40)29-30(32(39)42)43-16-19-15-37(25(41)6-2)18(4)14-38(19)29/h6-13,17-19,40H,2,5,14-16H2,1,3-4H3. The molecule has 2 aliphatic heterocycles. The van der Waals surface area contributed by atoms with E-state index in [1.165, 1.54) is 28.8 Å². The summed E-state index contributed by atoms with van der Waals surface area (Å²) in [6.07, 6.45) is 3.64. The number of benzene rings is 1. The van der Waals surface area contributed by atoms with Gasteiger partial charge in [-0.2, -0.15) is 0 Å². The number of anilines is 1. The van der Waals surface area contributed by atoms with Crippen molar-refractivity contribution in [2.24, 2.45) is 0 Å². The highest BCUT2D eigenvalue weighted by atomic mass is 19.1. The number of fused-ring (bicyclic) bond motifs is 5. The Labute approximate surface area is 246 Å². The summed E-state index contributed by atoms with van der Waals surface area (Å²) in [4.78, 5) is 39.7. The first-order valence-corrected chi connectivity index (χ1v) is 14.2. The number of phenolic OH excluding ortho intramolecular Hbond substituents is 1. The number of aromatic hydroxyl groups is 1. The molecule has 0 bridgehead atoms. The molecule has 3 aromatic heterocycles. The van der Waals surface area contributed by atoms with E-state index in [0.717, 1.165) is 12.5 Å². The highest BCUT2D eigenvalue weighted by Crippen LogP contribution is 2.42. The van der Waals surface area contributed by atoms with Crippen LogP contribution in [-0.4, -0.2) is 62.2 Å². The maximum absolute atomic E-state index is 16.0. The van der Waals surface area contributed by atoms with E-state index in [1.54, 1.807) is 23.2 Å². The first-order valence-electron chi connectivity index (χ1n) is 14.2. The molecule has 1 N–H and O–H groups in total. The van der Waals surface area contributed by atoms with Crippen molar-refractivity contribution in [3.63, 3.8) is 0 Å². The van der Waals surface area contributed by atoms with Gasteiger partial charge in [0.15, 0.2) is 11.5 Å². The molecule has 3 atom stereocenters. The van der Waals surface area contributed by atoms with E-state index in [-0.39, 0.29) is 47.3 Å². The van der Waals surface area contributed by atoms with Crippen LogP contribution in [-0.2, 0) is 4.79 Å². The highest BCUT2D eigenvalue weighted by Gasteiger charge is 2.41. The Kier molecular flexibility index (Phi) is 7.11. The van der Waals surface area contributed by atoms with Crippen LogP contribution < -0.4 is 15.2 Å². The number of ether oxygens (including phenoxy) is 1. The number of phenols is 1. The topological polar surface area (TPSA) is 101 Å². The Morgan fingerprint density at radius 3 is 2.74 bits per heavy atom. The largest absolute Gasteiger partial charge is 0.507 e. The first kappa shape index (κ1) is 28.3. The van der Waals surface area contributed by atoms with E-state index in [2.05, 4.69) is 16.5 Å². The van der Waals surface area contributed by atoms with Gasteiger partial charge in [0.25, 0.3) is 0 Å². The number of pyridine rings is 3. The van der Waals surface area contributed by atoms with E-state index in [1.807, 2.05) is 25.7 Å². The number of aromatic nitrogens is 3. The molecule has 1 aromatic carbocycles. The molecule has 6 rings (SSSR count). The lowest BCUT2D eigenvalue weighted by atomic mass is 10.0. The van der Waals surface area contributed by atoms with Crippen molar-refractivity contribution in [3.05, 3.63) is 82.9 Å². The zero-order valence-electron chi connectivity index (χ0n) is 24.1. The van der Waals surface area contributed by atoms with Crippen LogP contribution in [0.15, 0.2) is 60.0 Å². The molecular formula is C32H31F2N5O4. The SMILES string of the molecule is C=CC(=O)N1CC2COc3c(c4cc(F)c(-c5c(O)cccc5F)nc4n(-c4cccnc4C(C)CC)c3=O)N2CC1C. The molecule has 0 spiro atoms. The third-order valence-corrected chi connectivity index (χ3v) is 8.41. The third-order valence-electron chi connectivity index (χ3n) is 8.41. The lowest BCUT2D eigenvalue weighted by molar-refractivity contribution is -0.129. The van der Waals surface area contributed by atoms with Crippen LogP contribution in [0.25, 0.3) is 28.0 Å². The van der Waals surface area contributed by atoms with Crippen molar-refractivity contribution in [3.8, 4) is 28.4 Å². The van der Waals surface area contributed by atoms with Gasteiger partial charge in [-0.15, -0.1) is 0 Å². The minimum absolute atomic E-state index is 0.0288. The van der Waals surface area contributed by atoms with Crippen molar-refractivity contribution in [1.82, 2.24) is 19.4 Å². The summed E-state index contributed by atoms with van der Waals surface area (Å²) in [5.41, 5.74) is 0.112. The molecule has 2 aliphatic rings. The summed E-state index contributed by atoms with van der Waals surface area (Å²) in [5, 5.41) is 10.8. The second-order valence-corrected chi connectivity index (χ2v) is 11.0. The summed E-state index contributed by atoms with van der Waals surface area (Å²) in [5.74, 6) is -2.45. The maximum Gasteiger partial charge on any atom is 0.301 e. The summed E-state index contributed by atoms with van der Waals surface area (Å²) in [6.45, 7) is 10.3. The minimum Gasteiger partial charge on any atom is -0.507 e. The second-order valence-electron chi connectivity index (χ2n) is 11.0. The van der Waals surface area contributed by atoms with Gasteiger partial charge < -0.3 is 19.6 Å². The fraction of sp³-hybridized carbons (Fsp3) is 0.312. The fourth-order valence-corrected chi connectivity index (χ4v) is 6.04. The Morgan fingerprint density at radius 1 is 1.23 bits per heavy atom. The molecule has 43 heavy (non-hydrogen) atoms. The van der Waals surface area contributed by atoms with Gasteiger partial charge in [0.1, 0.15) is 23.9 Å². The molecular weight excluding hydrogens is 556 g/mol. The maximum atomic E-state index is 16.0. The molecule has 9 nitrogen and oxygen atoms in total. The third kappa shape index (κ3) is 4.50. The quantitative estimate of drug-likeness (QED) is 0.331. The molecule has 5 heterocycles. The van der Waals surface area contributed by atoms with Gasteiger partial charge in [-0.05, 0) is 49.8 Å². The predicted octanol–water partition coefficient (Wildman–Crippen LogP) is 4.93. The van der Waals surface area contributed by atoms with Crippen LogP contribution in [0.1, 0.15) is 38.8 Å². The number of piperazine rings is 1. The molecule has 0 aliphatic carbocycles. The average Bonchev–Trinajstić information content (AvgIpc) is 3.00. The van der Waals surface area contributed by atoms with E-state index in [4.69, 9.17) is 4.74 Å². The lowest BCUT2D eigenvalue weighted by Crippen LogP contribution is -2.62. The number of halogens is 2. The minimum atomic E-state index is -0.885. The van der Waals surface area contributed by atoms with Crippen LogP contribution in [0.3, 0.4) is 0 Å². The van der Waals surface area contributed by atoms with Gasteiger partial charge in [-0.25, -0.2) is 13.8 Å². The molecule has 11 heteroatoms. The number of amides is 1. The predicted molar refractivity (Wildman–Crippen MR) is 159 cm³/mol. The normalized spacial score (nSPS) is 18.5. The Balaban J connectivity index is 1.68. The van der Waals surface area contributed by atoms with Gasteiger partial charge in [-0.3, -0.25) is 19.1 Å². The summed E-state index contributed by atoms with van der Waals surface area (Å²) in [6, 6.07) is 7.73. The Hall–Kier alpha value is -4.80. The van der Waals surface area contributed by atoms with Crippen molar-refractivity contribution in [1.29, 1.82) is 0 Å². The number of hydrogen-bond donors (Lipinski definition) is 1. The van der Waals surface area contributed by atoms with Crippen LogP contribution in [0.4, 0.5) is 14.5 Å². The first-order chi connectivity index (χ1) is 20.7. The average molecular weight is 588 g/mol. The molecule has 4 aromatic rings. The van der Waals surface area contributed by atoms with Crippen molar-refractivity contribution in [2.75, 3.05) is 24.6 Å². The monoisotopic (exact) mass is 587 g/mol. The van der Waals surface area contributed by atoms with Gasteiger partial charge >= 0.3 is 5.56 Å². The van der Waals surface area contributed by atoms with Crippen LogP contribution in [0.2, 0.25) is 0 Å². The number of hydrogen-bond acceptors (Lipinski definition) is 7. The molecule has 1 amide bonds. The molecule has 1 saturated heterocycles. The van der Waals surface area contributed by atoms with E-state index < -0.39 is 34.2 Å². The summed E-state index contributed by atoms with van der Waals surface area (Å²) < 4.78 is 38.4. The number of nitrogens with zero attached hydrogens (tertiary/aromatic N) is 5. The van der Waals surface area contributed by atoms with Crippen LogP contribution in [0, 0.1) is 11.6 Å². The van der Waals surface area contributed by atoms with Crippen LogP contribution in [0.5, 0.6) is 11.5 Å². The molecule has 0 radical (unpaired) electrons. The zero-order valence-corrected chi connectivity index (χ0v) is 24.1. The lowest BCUT2D eigenvalue weighted by Gasteiger charge is -2.48. The molecule has 1 fully saturated rings. The molecule has 3 unspecified atom stereocenters. The van der Waals surface area contributed by atoms with Crippen molar-refractivity contribution < 1.29 is 23.4 Å². The van der Waals surface area contributed by atoms with Crippen molar-refractivity contribution >= 4 is 22.6 Å². The highest BCUT2D eigenvalue weighted by molar-refractivity contribution is 5.96. The number of carbonyl (C=O) groups is 1. The van der Waals surface area contributed by atoms with Crippen molar-refractivity contribution in [2.45, 2.75) is 45.2 Å². The van der Waals surface area contributed by atoms with Gasteiger partial charge in [-0.1, -0.05) is 26.5 Å². The van der Waals surface area contributed by atoms with Crippen LogP contribution >= 0.6 is 0 Å². The molecule has 222 valence electrons. The van der Waals surface area contributed by atoms with Gasteiger partial charge in [0.05, 0.1) is 28.7 Å². The zero-order chi connectivity index (χ0) is 30.6. The van der Waals surface area contributed by atoms with E-state index in [9.17, 15) is 19.1 Å². The number of carbonyl (C=O) groups excluding carboxylic acids is 1. The Bertz CT molecular complexity index is 1820. The number of rotatable bonds is 5. The fourth-order valence-electron chi connectivity index (χ4n) is 6.04. The van der Waals surface area contributed by atoms with E-state index in [0.29, 0.717) is 30.2 Å².